The number of carboxylic acid groups (broad SMARTS) is 1. The van der Waals surface area contributed by atoms with Gasteiger partial charge in [0.2, 0.25) is 0 Å². The number of carboxylic acids is 1. The minimum atomic E-state index is -1.35. The number of nitrogens with one attached hydrogen (secondary N) is 1. The number of hydrogen-bond donors (Lipinski definition) is 3. The van der Waals surface area contributed by atoms with Crippen LogP contribution in [0.5, 0.6) is 0 Å². The van der Waals surface area contributed by atoms with Gasteiger partial charge in [-0.2, -0.15) is 0 Å². The van der Waals surface area contributed by atoms with E-state index < -0.39 is 40.9 Å². The predicted octanol–water partition coefficient (Wildman–Crippen LogP) is 3.76. The summed E-state index contributed by atoms with van der Waals surface area (Å²) in [5.74, 6) is -4.51. The van der Waals surface area contributed by atoms with E-state index in [1.807, 2.05) is 5.32 Å². The first-order valence-electron chi connectivity index (χ1n) is 7.99. The second kappa shape index (κ2) is 7.46. The molecule has 0 aliphatic heterocycles. The van der Waals surface area contributed by atoms with Gasteiger partial charge in [-0.1, -0.05) is 29.8 Å². The molecule has 0 saturated carbocycles. The summed E-state index contributed by atoms with van der Waals surface area (Å²) in [4.78, 5) is 23.5. The number of aliphatic hydroxyl groups excluding tert-OH is 1. The average molecular weight is 394 g/mol. The molecule has 1 aliphatic carbocycles. The number of aliphatic hydroxyl groups is 1. The summed E-state index contributed by atoms with van der Waals surface area (Å²) in [6.07, 6.45) is -1.25. The third kappa shape index (κ3) is 3.70. The molecule has 1 aliphatic rings. The van der Waals surface area contributed by atoms with Crippen LogP contribution in [0.25, 0.3) is 11.1 Å². The fourth-order valence-corrected chi connectivity index (χ4v) is 3.24. The number of carbonyl (C=O) groups excluding carboxylic acids is 1. The minimum Gasteiger partial charge on any atom is -0.478 e. The molecule has 0 aromatic heterocycles. The van der Waals surface area contributed by atoms with Crippen LogP contribution in [0.1, 0.15) is 12.8 Å². The van der Waals surface area contributed by atoms with Crippen molar-refractivity contribution in [2.45, 2.75) is 18.9 Å². The number of benzene rings is 2. The summed E-state index contributed by atoms with van der Waals surface area (Å²) in [6, 6.07) is 8.52. The molecule has 3 rings (SSSR count). The molecule has 27 heavy (non-hydrogen) atoms. The number of hydrogen-bond acceptors (Lipinski definition) is 3. The van der Waals surface area contributed by atoms with E-state index >= 15 is 0 Å². The molecule has 5 nitrogen and oxygen atoms in total. The maximum absolute atomic E-state index is 14.4. The van der Waals surface area contributed by atoms with Gasteiger partial charge in [-0.05, 0) is 36.6 Å². The van der Waals surface area contributed by atoms with Crippen molar-refractivity contribution in [3.8, 4) is 11.1 Å². The monoisotopic (exact) mass is 393 g/mol. The Kier molecular flexibility index (Phi) is 5.25. The van der Waals surface area contributed by atoms with Crippen LogP contribution in [0.2, 0.25) is 5.02 Å². The van der Waals surface area contributed by atoms with E-state index in [2.05, 4.69) is 0 Å². The summed E-state index contributed by atoms with van der Waals surface area (Å²) < 4.78 is 28.9. The van der Waals surface area contributed by atoms with Gasteiger partial charge in [-0.3, -0.25) is 4.79 Å². The smallest absolute Gasteiger partial charge is 0.332 e. The molecule has 2 aromatic carbocycles. The standard InChI is InChI=1S/C19H14ClF2NO4/c20-12-4-2-1-3-10(12)9-7-13(21)17(14(22)8-9)23-18(25)16-11(19(26)27)5-6-15(16)24/h1-4,7-8,15,24H,5-6H2,(H,23,25)(H,26,27). The molecule has 0 bridgehead atoms. The zero-order chi connectivity index (χ0) is 19.7. The van der Waals surface area contributed by atoms with Crippen LogP contribution in [0, 0.1) is 11.6 Å². The molecule has 1 unspecified atom stereocenters. The molecule has 0 saturated heterocycles. The predicted molar refractivity (Wildman–Crippen MR) is 95.3 cm³/mol. The van der Waals surface area contributed by atoms with E-state index in [1.165, 1.54) is 0 Å². The Morgan fingerprint density at radius 2 is 1.78 bits per heavy atom. The molecule has 0 heterocycles. The van der Waals surface area contributed by atoms with Gasteiger partial charge >= 0.3 is 5.97 Å². The van der Waals surface area contributed by atoms with Crippen LogP contribution in [-0.4, -0.2) is 28.2 Å². The average Bonchev–Trinajstić information content (AvgIpc) is 3.00. The minimum absolute atomic E-state index is 0.00430. The lowest BCUT2D eigenvalue weighted by Gasteiger charge is -2.13. The molecule has 0 radical (unpaired) electrons. The van der Waals surface area contributed by atoms with Gasteiger partial charge in [-0.15, -0.1) is 0 Å². The lowest BCUT2D eigenvalue weighted by Crippen LogP contribution is -2.24. The van der Waals surface area contributed by atoms with Crippen molar-refractivity contribution in [1.29, 1.82) is 0 Å². The van der Waals surface area contributed by atoms with Crippen molar-refractivity contribution in [2.75, 3.05) is 5.32 Å². The molecule has 3 N–H and O–H groups in total. The number of halogens is 3. The topological polar surface area (TPSA) is 86.6 Å². The molecule has 0 spiro atoms. The van der Waals surface area contributed by atoms with Crippen molar-refractivity contribution in [3.63, 3.8) is 0 Å². The number of amides is 1. The summed E-state index contributed by atoms with van der Waals surface area (Å²) in [5.41, 5.74) is -0.797. The number of anilines is 1. The highest BCUT2D eigenvalue weighted by Crippen LogP contribution is 2.33. The van der Waals surface area contributed by atoms with Crippen molar-refractivity contribution < 1.29 is 28.6 Å². The second-order valence-electron chi connectivity index (χ2n) is 6.00. The Hall–Kier alpha value is -2.77. The van der Waals surface area contributed by atoms with Crippen LogP contribution >= 0.6 is 11.6 Å². The molecule has 0 fully saturated rings. The first kappa shape index (κ1) is 19.0. The SMILES string of the molecule is O=C(O)C1=C(C(=O)Nc2c(F)cc(-c3ccccc3Cl)cc2F)C(O)CC1. The van der Waals surface area contributed by atoms with Crippen molar-refractivity contribution in [3.05, 3.63) is 64.2 Å². The Morgan fingerprint density at radius 1 is 1.15 bits per heavy atom. The Balaban J connectivity index is 1.95. The second-order valence-corrected chi connectivity index (χ2v) is 6.41. The van der Waals surface area contributed by atoms with Gasteiger partial charge in [-0.25, -0.2) is 13.6 Å². The number of carbonyl (C=O) groups is 2. The first-order chi connectivity index (χ1) is 12.8. The first-order valence-corrected chi connectivity index (χ1v) is 8.37. The number of rotatable bonds is 4. The van der Waals surface area contributed by atoms with Gasteiger partial charge in [0.25, 0.3) is 5.91 Å². The third-order valence-electron chi connectivity index (χ3n) is 4.29. The van der Waals surface area contributed by atoms with E-state index in [0.29, 0.717) is 10.6 Å². The molecule has 1 amide bonds. The third-order valence-corrected chi connectivity index (χ3v) is 4.62. The lowest BCUT2D eigenvalue weighted by molar-refractivity contribution is -0.133. The fraction of sp³-hybridized carbons (Fsp3) is 0.158. The normalized spacial score (nSPS) is 16.5. The van der Waals surface area contributed by atoms with Gasteiger partial charge in [0.1, 0.15) is 17.3 Å². The Morgan fingerprint density at radius 3 is 2.37 bits per heavy atom. The highest BCUT2D eigenvalue weighted by Gasteiger charge is 2.33. The Bertz CT molecular complexity index is 951. The summed E-state index contributed by atoms with van der Waals surface area (Å²) >= 11 is 6.03. The van der Waals surface area contributed by atoms with E-state index in [-0.39, 0.29) is 24.0 Å². The highest BCUT2D eigenvalue weighted by atomic mass is 35.5. The quantitative estimate of drug-likeness (QED) is 0.738. The maximum Gasteiger partial charge on any atom is 0.332 e. The molecular weight excluding hydrogens is 380 g/mol. The van der Waals surface area contributed by atoms with Crippen molar-refractivity contribution in [2.24, 2.45) is 0 Å². The fourth-order valence-electron chi connectivity index (χ4n) is 3.00. The van der Waals surface area contributed by atoms with Crippen LogP contribution in [0.4, 0.5) is 14.5 Å². The summed E-state index contributed by atoms with van der Waals surface area (Å²) in [5, 5.41) is 21.3. The zero-order valence-electron chi connectivity index (χ0n) is 13.8. The van der Waals surface area contributed by atoms with Gasteiger partial charge in [0.15, 0.2) is 0 Å². The van der Waals surface area contributed by atoms with E-state index in [1.54, 1.807) is 24.3 Å². The van der Waals surface area contributed by atoms with E-state index in [4.69, 9.17) is 16.7 Å². The maximum atomic E-state index is 14.4. The summed E-state index contributed by atoms with van der Waals surface area (Å²) in [6.45, 7) is 0. The zero-order valence-corrected chi connectivity index (χ0v) is 14.6. The lowest BCUT2D eigenvalue weighted by atomic mass is 10.0. The molecule has 8 heteroatoms. The largest absolute Gasteiger partial charge is 0.478 e. The van der Waals surface area contributed by atoms with Crippen LogP contribution in [0.3, 0.4) is 0 Å². The highest BCUT2D eigenvalue weighted by molar-refractivity contribution is 6.33. The molecule has 2 aromatic rings. The van der Waals surface area contributed by atoms with Crippen molar-refractivity contribution in [1.82, 2.24) is 0 Å². The van der Waals surface area contributed by atoms with Gasteiger partial charge in [0, 0.05) is 16.2 Å². The molecule has 1 atom stereocenters. The molecule has 140 valence electrons. The van der Waals surface area contributed by atoms with E-state index in [9.17, 15) is 23.5 Å². The van der Waals surface area contributed by atoms with Gasteiger partial charge in [0.05, 0.1) is 11.7 Å². The van der Waals surface area contributed by atoms with E-state index in [0.717, 1.165) is 12.1 Å². The van der Waals surface area contributed by atoms with Crippen LogP contribution < -0.4 is 5.32 Å². The Labute approximate surface area is 157 Å². The van der Waals surface area contributed by atoms with Crippen molar-refractivity contribution >= 4 is 29.2 Å². The van der Waals surface area contributed by atoms with Gasteiger partial charge < -0.3 is 15.5 Å². The summed E-state index contributed by atoms with van der Waals surface area (Å²) in [7, 11) is 0. The van der Waals surface area contributed by atoms with Crippen LogP contribution in [0.15, 0.2) is 47.5 Å². The molecular formula is C19H14ClF2NO4. The van der Waals surface area contributed by atoms with Crippen LogP contribution in [-0.2, 0) is 9.59 Å². The number of aliphatic carboxylic acids is 1.